The summed E-state index contributed by atoms with van der Waals surface area (Å²) in [6.45, 7) is 0.653. The maximum Gasteiger partial charge on any atom is 0.181 e. The number of pyridine rings is 1. The minimum absolute atomic E-state index is 0.405. The normalized spacial score (nSPS) is 17.4. The van der Waals surface area contributed by atoms with Crippen LogP contribution in [0.1, 0.15) is 17.5 Å². The molecule has 0 amide bonds. The molecule has 0 spiro atoms. The van der Waals surface area contributed by atoms with Gasteiger partial charge in [0, 0.05) is 6.07 Å². The van der Waals surface area contributed by atoms with E-state index in [2.05, 4.69) is 44.7 Å². The smallest absolute Gasteiger partial charge is 0.181 e. The second-order valence-electron chi connectivity index (χ2n) is 5.74. The summed E-state index contributed by atoms with van der Waals surface area (Å²) >= 11 is 0. The van der Waals surface area contributed by atoms with Crippen LogP contribution in [0.2, 0.25) is 0 Å². The summed E-state index contributed by atoms with van der Waals surface area (Å²) in [6.07, 6.45) is 3.31. The quantitative estimate of drug-likeness (QED) is 0.772. The molecule has 0 saturated heterocycles. The van der Waals surface area contributed by atoms with Crippen molar-refractivity contribution in [2.45, 2.75) is 19.3 Å². The molecule has 4 rings (SSSR count). The lowest BCUT2D eigenvalue weighted by molar-refractivity contribution is 0.236. The van der Waals surface area contributed by atoms with Gasteiger partial charge in [-0.05, 0) is 36.3 Å². The highest BCUT2D eigenvalue weighted by Gasteiger charge is 2.19. The highest BCUT2D eigenvalue weighted by Crippen LogP contribution is 2.28. The summed E-state index contributed by atoms with van der Waals surface area (Å²) in [5.74, 6) is 1.56. The number of fused-ring (bicyclic) bond motifs is 2. The van der Waals surface area contributed by atoms with E-state index in [1.807, 2.05) is 0 Å². The molecule has 3 aromatic rings. The summed E-state index contributed by atoms with van der Waals surface area (Å²) in [7, 11) is 0. The maximum absolute atomic E-state index is 5.97. The van der Waals surface area contributed by atoms with Gasteiger partial charge in [-0.1, -0.05) is 29.5 Å². The average molecular weight is 295 g/mol. The van der Waals surface area contributed by atoms with Gasteiger partial charge >= 0.3 is 0 Å². The van der Waals surface area contributed by atoms with Gasteiger partial charge in [-0.3, -0.25) is 0 Å². The number of anilines is 1. The van der Waals surface area contributed by atoms with Crippen molar-refractivity contribution in [2.75, 3.05) is 12.3 Å². The number of aromatic nitrogens is 4. The van der Waals surface area contributed by atoms with E-state index < -0.39 is 0 Å². The van der Waals surface area contributed by atoms with Crippen molar-refractivity contribution < 1.29 is 4.74 Å². The SMILES string of the molecule is Nc1cc(OCC2CCc3ccccc3C2)c2nn[nH]c2n1. The number of H-pyrrole nitrogens is 1. The van der Waals surface area contributed by atoms with Gasteiger partial charge in [0.05, 0.1) is 6.61 Å². The van der Waals surface area contributed by atoms with Crippen LogP contribution in [0, 0.1) is 5.92 Å². The van der Waals surface area contributed by atoms with Crippen LogP contribution in [0.15, 0.2) is 30.3 Å². The van der Waals surface area contributed by atoms with Crippen molar-refractivity contribution in [3.63, 3.8) is 0 Å². The van der Waals surface area contributed by atoms with Crippen LogP contribution in [-0.4, -0.2) is 27.0 Å². The largest absolute Gasteiger partial charge is 0.491 e. The average Bonchev–Trinajstić information content (AvgIpc) is 3.00. The van der Waals surface area contributed by atoms with Crippen molar-refractivity contribution in [1.82, 2.24) is 20.4 Å². The molecule has 2 heterocycles. The highest BCUT2D eigenvalue weighted by molar-refractivity contribution is 5.78. The third-order valence-corrected chi connectivity index (χ3v) is 4.21. The summed E-state index contributed by atoms with van der Waals surface area (Å²) in [5, 5.41) is 10.5. The van der Waals surface area contributed by atoms with Crippen LogP contribution < -0.4 is 10.5 Å². The second kappa shape index (κ2) is 5.29. The Kier molecular flexibility index (Phi) is 3.14. The van der Waals surface area contributed by atoms with Gasteiger partial charge in [-0.2, -0.15) is 0 Å². The molecular weight excluding hydrogens is 278 g/mol. The number of nitrogen functional groups attached to an aromatic ring is 1. The number of rotatable bonds is 3. The third-order valence-electron chi connectivity index (χ3n) is 4.21. The lowest BCUT2D eigenvalue weighted by Gasteiger charge is -2.24. The molecule has 6 heteroatoms. The fraction of sp³-hybridized carbons (Fsp3) is 0.312. The number of aryl methyl sites for hydroxylation is 1. The van der Waals surface area contributed by atoms with Crippen LogP contribution >= 0.6 is 0 Å². The molecular formula is C16H17N5O. The Morgan fingerprint density at radius 3 is 3.05 bits per heavy atom. The molecule has 6 nitrogen and oxygen atoms in total. The number of benzene rings is 1. The Bertz CT molecular complexity index is 813. The molecule has 2 aromatic heterocycles. The number of hydrogen-bond donors (Lipinski definition) is 2. The highest BCUT2D eigenvalue weighted by atomic mass is 16.5. The molecule has 0 bridgehead atoms. The van der Waals surface area contributed by atoms with Gasteiger partial charge in [0.1, 0.15) is 5.82 Å². The van der Waals surface area contributed by atoms with Gasteiger partial charge in [0.2, 0.25) is 0 Å². The van der Waals surface area contributed by atoms with Gasteiger partial charge in [0.25, 0.3) is 0 Å². The molecule has 3 N–H and O–H groups in total. The first-order valence-electron chi connectivity index (χ1n) is 7.46. The van der Waals surface area contributed by atoms with E-state index in [0.717, 1.165) is 19.3 Å². The lowest BCUT2D eigenvalue weighted by atomic mass is 9.84. The van der Waals surface area contributed by atoms with Gasteiger partial charge in [-0.25, -0.2) is 10.1 Å². The van der Waals surface area contributed by atoms with E-state index in [4.69, 9.17) is 10.5 Å². The van der Waals surface area contributed by atoms with Crippen molar-refractivity contribution >= 4 is 17.0 Å². The minimum Gasteiger partial charge on any atom is -0.491 e. The minimum atomic E-state index is 0.405. The summed E-state index contributed by atoms with van der Waals surface area (Å²) in [5.41, 5.74) is 9.88. The summed E-state index contributed by atoms with van der Waals surface area (Å²) in [4.78, 5) is 4.14. The molecule has 1 aromatic carbocycles. The number of hydrogen-bond acceptors (Lipinski definition) is 5. The zero-order chi connectivity index (χ0) is 14.9. The first-order valence-corrected chi connectivity index (χ1v) is 7.46. The van der Waals surface area contributed by atoms with Crippen molar-refractivity contribution in [1.29, 1.82) is 0 Å². The van der Waals surface area contributed by atoms with Crippen molar-refractivity contribution in [3.05, 3.63) is 41.5 Å². The van der Waals surface area contributed by atoms with Gasteiger partial charge in [0.15, 0.2) is 16.9 Å². The number of aromatic amines is 1. The first kappa shape index (κ1) is 13.1. The van der Waals surface area contributed by atoms with Crippen LogP contribution in [0.3, 0.4) is 0 Å². The molecule has 1 atom stereocenters. The number of nitrogens with zero attached hydrogens (tertiary/aromatic N) is 3. The molecule has 0 saturated carbocycles. The molecule has 112 valence electrons. The van der Waals surface area contributed by atoms with Gasteiger partial charge < -0.3 is 10.5 Å². The Labute approximate surface area is 127 Å². The van der Waals surface area contributed by atoms with Crippen LogP contribution in [0.25, 0.3) is 11.2 Å². The molecule has 1 unspecified atom stereocenters. The Morgan fingerprint density at radius 1 is 1.27 bits per heavy atom. The Balaban J connectivity index is 1.50. The van der Waals surface area contributed by atoms with E-state index in [1.54, 1.807) is 6.07 Å². The predicted octanol–water partition coefficient (Wildman–Crippen LogP) is 2.12. The maximum atomic E-state index is 5.97. The molecule has 0 fully saturated rings. The van der Waals surface area contributed by atoms with Crippen molar-refractivity contribution in [2.24, 2.45) is 5.92 Å². The van der Waals surface area contributed by atoms with Crippen molar-refractivity contribution in [3.8, 4) is 5.75 Å². The van der Waals surface area contributed by atoms with E-state index >= 15 is 0 Å². The van der Waals surface area contributed by atoms with E-state index in [-0.39, 0.29) is 0 Å². The number of nitrogens with two attached hydrogens (primary N) is 1. The fourth-order valence-electron chi connectivity index (χ4n) is 3.06. The topological polar surface area (TPSA) is 89.7 Å². The van der Waals surface area contributed by atoms with E-state index in [0.29, 0.717) is 35.3 Å². The standard InChI is InChI=1S/C16H17N5O/c17-14-8-13(15-16(18-14)20-21-19-15)22-9-10-5-6-11-3-1-2-4-12(11)7-10/h1-4,8,10H,5-7,9H2,(H3,17,18,19,20,21). The zero-order valence-corrected chi connectivity index (χ0v) is 12.1. The van der Waals surface area contributed by atoms with E-state index in [1.165, 1.54) is 11.1 Å². The second-order valence-corrected chi connectivity index (χ2v) is 5.74. The van der Waals surface area contributed by atoms with E-state index in [9.17, 15) is 0 Å². The molecule has 1 aliphatic carbocycles. The summed E-state index contributed by atoms with van der Waals surface area (Å²) < 4.78 is 5.97. The molecule has 0 aliphatic heterocycles. The monoisotopic (exact) mass is 295 g/mol. The van der Waals surface area contributed by atoms with Crippen LogP contribution in [0.5, 0.6) is 5.75 Å². The lowest BCUT2D eigenvalue weighted by Crippen LogP contribution is -2.20. The van der Waals surface area contributed by atoms with Gasteiger partial charge in [-0.15, -0.1) is 5.10 Å². The third kappa shape index (κ3) is 2.36. The van der Waals surface area contributed by atoms with Crippen LogP contribution in [-0.2, 0) is 12.8 Å². The number of nitrogens with one attached hydrogen (secondary N) is 1. The van der Waals surface area contributed by atoms with Crippen LogP contribution in [0.4, 0.5) is 5.82 Å². The number of ether oxygens (including phenoxy) is 1. The molecule has 0 radical (unpaired) electrons. The molecule has 22 heavy (non-hydrogen) atoms. The predicted molar refractivity (Wildman–Crippen MR) is 83.5 cm³/mol. The fourth-order valence-corrected chi connectivity index (χ4v) is 3.06. The first-order chi connectivity index (χ1) is 10.8. The molecule has 1 aliphatic rings. The Morgan fingerprint density at radius 2 is 2.14 bits per heavy atom. The Hall–Kier alpha value is -2.63. The summed E-state index contributed by atoms with van der Waals surface area (Å²) in [6, 6.07) is 10.3. The zero-order valence-electron chi connectivity index (χ0n) is 12.1.